The van der Waals surface area contributed by atoms with E-state index in [0.29, 0.717) is 0 Å². The van der Waals surface area contributed by atoms with Gasteiger partial charge in [-0.2, -0.15) is 0 Å². The molecule has 0 radical (unpaired) electrons. The summed E-state index contributed by atoms with van der Waals surface area (Å²) in [4.78, 5) is 0. The molecule has 0 bridgehead atoms. The van der Waals surface area contributed by atoms with E-state index in [4.69, 9.17) is 17.0 Å². The molecule has 0 fully saturated rings. The molecule has 3 rings (SSSR count). The van der Waals surface area contributed by atoms with Crippen LogP contribution in [0.15, 0.2) is 42.0 Å². The minimum absolute atomic E-state index is 0.0779. The number of fused-ring (bicyclic) bond motifs is 1. The zero-order valence-electron chi connectivity index (χ0n) is 15.6. The van der Waals surface area contributed by atoms with Crippen molar-refractivity contribution in [3.8, 4) is 11.1 Å². The van der Waals surface area contributed by atoms with Crippen LogP contribution in [0, 0.1) is 0 Å². The molecule has 2 aromatic carbocycles. The minimum atomic E-state index is -2.42. The normalized spacial score (nSPS) is 16.6. The van der Waals surface area contributed by atoms with Gasteiger partial charge in [-0.15, -0.1) is 0 Å². The van der Waals surface area contributed by atoms with Crippen molar-refractivity contribution in [2.75, 3.05) is 0 Å². The van der Waals surface area contributed by atoms with Crippen LogP contribution in [0.1, 0.15) is 60.5 Å². The first-order valence-electron chi connectivity index (χ1n) is 8.87. The molecule has 0 spiro atoms. The summed E-state index contributed by atoms with van der Waals surface area (Å²) in [6.45, 7) is 11.3. The molecule has 1 aliphatic rings. The standard InChI is InChI=1S/C22H25.2ClH.Zr/c1-6-16-9-7-8-10-18(16)21-19-14-15(2)13-17(19)11-12-20(21)22(3,4)5;;;/h7-14H,6H2,1-5H3;2*1H;/q;;;+2/p-2. The number of allylic oxidation sites excluding steroid dienone is 1. The molecule has 1 atom stereocenters. The summed E-state index contributed by atoms with van der Waals surface area (Å²) < 4.78 is 0.280. The Morgan fingerprint density at radius 2 is 1.72 bits per heavy atom. The Hall–Kier alpha value is -0.357. The molecule has 1 aliphatic carbocycles. The van der Waals surface area contributed by atoms with Gasteiger partial charge < -0.3 is 0 Å². The zero-order valence-corrected chi connectivity index (χ0v) is 19.6. The summed E-state index contributed by atoms with van der Waals surface area (Å²) in [6.07, 6.45) is 3.36. The van der Waals surface area contributed by atoms with Crippen LogP contribution >= 0.6 is 17.0 Å². The van der Waals surface area contributed by atoms with Gasteiger partial charge in [-0.25, -0.2) is 0 Å². The molecule has 131 valence electrons. The molecule has 0 aromatic heterocycles. The fraction of sp³-hybridized carbons (Fsp3) is 0.364. The van der Waals surface area contributed by atoms with Crippen LogP contribution in [-0.2, 0) is 31.2 Å². The van der Waals surface area contributed by atoms with Crippen molar-refractivity contribution >= 4 is 23.1 Å². The van der Waals surface area contributed by atoms with E-state index >= 15 is 0 Å². The Balaban J connectivity index is 2.37. The van der Waals surface area contributed by atoms with E-state index in [-0.39, 0.29) is 9.04 Å². The first kappa shape index (κ1) is 19.4. The summed E-state index contributed by atoms with van der Waals surface area (Å²) in [5.41, 5.74) is 9.61. The maximum atomic E-state index is 6.51. The van der Waals surface area contributed by atoms with Crippen molar-refractivity contribution in [3.05, 3.63) is 64.2 Å². The van der Waals surface area contributed by atoms with Crippen LogP contribution in [0.25, 0.3) is 17.2 Å². The summed E-state index contributed by atoms with van der Waals surface area (Å²) in [6, 6.07) is 13.4. The molecule has 0 saturated carbocycles. The zero-order chi connectivity index (χ0) is 18.4. The number of rotatable bonds is 3. The number of benzene rings is 2. The molecule has 0 heterocycles. The molecule has 0 amide bonds. The first-order chi connectivity index (χ1) is 11.8. The predicted molar refractivity (Wildman–Crippen MR) is 108 cm³/mol. The average molecular weight is 452 g/mol. The molecular formula is C22H25Cl2Zr. The topological polar surface area (TPSA) is 0 Å². The third-order valence-corrected chi connectivity index (χ3v) is 10.6. The molecule has 3 heteroatoms. The van der Waals surface area contributed by atoms with Crippen molar-refractivity contribution in [2.24, 2.45) is 0 Å². The van der Waals surface area contributed by atoms with Crippen LogP contribution in [-0.4, -0.2) is 0 Å². The first-order valence-corrected chi connectivity index (χ1v) is 16.6. The van der Waals surface area contributed by atoms with Crippen LogP contribution in [0.3, 0.4) is 0 Å². The second-order valence-electron chi connectivity index (χ2n) is 7.86. The fourth-order valence-corrected chi connectivity index (χ4v) is 9.55. The van der Waals surface area contributed by atoms with Gasteiger partial charge in [0.05, 0.1) is 0 Å². The molecule has 2 aromatic rings. The third kappa shape index (κ3) is 3.58. The third-order valence-electron chi connectivity index (χ3n) is 5.11. The van der Waals surface area contributed by atoms with Crippen molar-refractivity contribution in [1.29, 1.82) is 0 Å². The van der Waals surface area contributed by atoms with Gasteiger partial charge in [0.25, 0.3) is 0 Å². The number of hydrogen-bond donors (Lipinski definition) is 0. The number of aryl methyl sites for hydroxylation is 1. The number of halogens is 2. The molecule has 0 nitrogen and oxygen atoms in total. The summed E-state index contributed by atoms with van der Waals surface area (Å²) in [7, 11) is 13.0. The summed E-state index contributed by atoms with van der Waals surface area (Å²) in [5, 5.41) is 0. The van der Waals surface area contributed by atoms with Gasteiger partial charge in [0.2, 0.25) is 0 Å². The fourth-order valence-electron chi connectivity index (χ4n) is 3.88. The SMILES string of the molecule is CCc1ccccc1-c1c(C(C)(C)C)ccc2c1C=C(C)[CH]2[Zr]([Cl])[Cl]. The van der Waals surface area contributed by atoms with E-state index in [1.807, 2.05) is 0 Å². The molecule has 25 heavy (non-hydrogen) atoms. The molecule has 0 aliphatic heterocycles. The van der Waals surface area contributed by atoms with Gasteiger partial charge in [0, 0.05) is 0 Å². The number of hydrogen-bond acceptors (Lipinski definition) is 0. The van der Waals surface area contributed by atoms with Gasteiger partial charge in [0.15, 0.2) is 0 Å². The molecule has 0 N–H and O–H groups in total. The Kier molecular flexibility index (Phi) is 5.70. The summed E-state index contributed by atoms with van der Waals surface area (Å²) in [5.74, 6) is 0. The van der Waals surface area contributed by atoms with E-state index in [9.17, 15) is 0 Å². The van der Waals surface area contributed by atoms with Crippen LogP contribution in [0.4, 0.5) is 0 Å². The maximum absolute atomic E-state index is 6.51. The Morgan fingerprint density at radius 1 is 1.04 bits per heavy atom. The van der Waals surface area contributed by atoms with Gasteiger partial charge in [-0.3, -0.25) is 0 Å². The van der Waals surface area contributed by atoms with Crippen molar-refractivity contribution in [1.82, 2.24) is 0 Å². The molecule has 1 unspecified atom stereocenters. The Morgan fingerprint density at radius 3 is 2.32 bits per heavy atom. The van der Waals surface area contributed by atoms with E-state index < -0.39 is 19.4 Å². The van der Waals surface area contributed by atoms with E-state index in [1.165, 1.54) is 39.0 Å². The average Bonchev–Trinajstić information content (AvgIpc) is 2.89. The monoisotopic (exact) mass is 449 g/mol. The molecular weight excluding hydrogens is 426 g/mol. The van der Waals surface area contributed by atoms with Crippen molar-refractivity contribution in [2.45, 2.75) is 50.1 Å². The summed E-state index contributed by atoms with van der Waals surface area (Å²) >= 11 is -2.42. The second kappa shape index (κ2) is 7.34. The quantitative estimate of drug-likeness (QED) is 0.451. The Labute approximate surface area is 167 Å². The van der Waals surface area contributed by atoms with Crippen molar-refractivity contribution < 1.29 is 19.4 Å². The van der Waals surface area contributed by atoms with Crippen LogP contribution < -0.4 is 0 Å². The van der Waals surface area contributed by atoms with Gasteiger partial charge in [-0.1, -0.05) is 0 Å². The van der Waals surface area contributed by atoms with Gasteiger partial charge in [0.1, 0.15) is 0 Å². The van der Waals surface area contributed by atoms with Crippen LogP contribution in [0.2, 0.25) is 0 Å². The van der Waals surface area contributed by atoms with E-state index in [0.717, 1.165) is 6.42 Å². The van der Waals surface area contributed by atoms with E-state index in [2.05, 4.69) is 77.1 Å². The van der Waals surface area contributed by atoms with Gasteiger partial charge >= 0.3 is 168 Å². The van der Waals surface area contributed by atoms with E-state index in [1.54, 1.807) is 0 Å². The van der Waals surface area contributed by atoms with Gasteiger partial charge in [-0.05, 0) is 0 Å². The Bertz CT molecular complexity index is 828. The van der Waals surface area contributed by atoms with Crippen molar-refractivity contribution in [3.63, 3.8) is 0 Å². The van der Waals surface area contributed by atoms with Crippen LogP contribution in [0.5, 0.6) is 0 Å². The molecule has 0 saturated heterocycles. The predicted octanol–water partition coefficient (Wildman–Crippen LogP) is 7.60. The second-order valence-corrected chi connectivity index (χ2v) is 16.7.